The summed E-state index contributed by atoms with van der Waals surface area (Å²) in [5, 5.41) is 0. The highest BCUT2D eigenvalue weighted by Crippen LogP contribution is 2.24. The summed E-state index contributed by atoms with van der Waals surface area (Å²) in [5.74, 6) is -4.66. The maximum Gasteiger partial charge on any atom is 0.300 e. The number of methoxy groups -OCH3 is 1. The Kier molecular flexibility index (Phi) is 3.28. The zero-order valence-electron chi connectivity index (χ0n) is 7.56. The Morgan fingerprint density at radius 3 is 2.27 bits per heavy atom. The van der Waals surface area contributed by atoms with Gasteiger partial charge in [-0.25, -0.2) is 17.6 Å². The molecule has 0 aliphatic rings. The lowest BCUT2D eigenvalue weighted by Crippen LogP contribution is -2.12. The topological polar surface area (TPSA) is 26.3 Å². The van der Waals surface area contributed by atoms with Crippen molar-refractivity contribution in [1.29, 1.82) is 0 Å². The summed E-state index contributed by atoms with van der Waals surface area (Å²) in [6.07, 6.45) is -3.29. The van der Waals surface area contributed by atoms with Crippen molar-refractivity contribution in [2.45, 2.75) is 6.43 Å². The molecule has 15 heavy (non-hydrogen) atoms. The minimum absolute atomic E-state index is 0.392. The van der Waals surface area contributed by atoms with E-state index in [-0.39, 0.29) is 0 Å². The molecule has 0 bridgehead atoms. The lowest BCUT2D eigenvalue weighted by molar-refractivity contribution is 0.0675. The molecule has 0 spiro atoms. The van der Waals surface area contributed by atoms with Crippen molar-refractivity contribution < 1.29 is 27.1 Å². The fourth-order valence-electron chi connectivity index (χ4n) is 1.01. The zero-order valence-corrected chi connectivity index (χ0v) is 7.56. The molecule has 0 amide bonds. The van der Waals surface area contributed by atoms with Crippen molar-refractivity contribution in [2.24, 2.45) is 0 Å². The van der Waals surface area contributed by atoms with Crippen molar-refractivity contribution in [1.82, 2.24) is 0 Å². The van der Waals surface area contributed by atoms with Crippen LogP contribution in [0, 0.1) is 11.6 Å². The molecule has 1 aromatic carbocycles. The van der Waals surface area contributed by atoms with Crippen LogP contribution in [0.1, 0.15) is 10.4 Å². The molecule has 0 heterocycles. The first-order chi connectivity index (χ1) is 6.97. The number of benzene rings is 1. The van der Waals surface area contributed by atoms with E-state index in [0.29, 0.717) is 12.1 Å². The first-order valence-electron chi connectivity index (χ1n) is 3.82. The van der Waals surface area contributed by atoms with Crippen molar-refractivity contribution >= 4 is 5.78 Å². The van der Waals surface area contributed by atoms with E-state index >= 15 is 0 Å². The molecule has 0 unspecified atom stereocenters. The number of hydrogen-bond acceptors (Lipinski definition) is 2. The Labute approximate surface area is 82.5 Å². The normalized spacial score (nSPS) is 10.5. The second-order valence-electron chi connectivity index (χ2n) is 2.63. The summed E-state index contributed by atoms with van der Waals surface area (Å²) in [7, 11) is 1.06. The van der Waals surface area contributed by atoms with Gasteiger partial charge in [0.2, 0.25) is 5.78 Å². The first-order valence-corrected chi connectivity index (χ1v) is 3.82. The summed E-state index contributed by atoms with van der Waals surface area (Å²) >= 11 is 0. The van der Waals surface area contributed by atoms with Crippen LogP contribution in [0.15, 0.2) is 12.1 Å². The number of halogens is 4. The number of hydrogen-bond donors (Lipinski definition) is 0. The van der Waals surface area contributed by atoms with E-state index in [2.05, 4.69) is 4.74 Å². The molecule has 0 aromatic heterocycles. The Morgan fingerprint density at radius 1 is 1.27 bits per heavy atom. The third-order valence-electron chi connectivity index (χ3n) is 1.71. The number of carbonyl (C=O) groups is 1. The predicted octanol–water partition coefficient (Wildman–Crippen LogP) is 2.42. The van der Waals surface area contributed by atoms with Gasteiger partial charge in [0.25, 0.3) is 0 Å². The van der Waals surface area contributed by atoms with Gasteiger partial charge in [-0.15, -0.1) is 0 Å². The van der Waals surface area contributed by atoms with Crippen LogP contribution in [0.3, 0.4) is 0 Å². The summed E-state index contributed by atoms with van der Waals surface area (Å²) in [6.45, 7) is 0. The Morgan fingerprint density at radius 2 is 1.80 bits per heavy atom. The Hall–Kier alpha value is -1.59. The molecule has 0 atom stereocenters. The molecule has 1 aromatic rings. The summed E-state index contributed by atoms with van der Waals surface area (Å²) in [5.41, 5.74) is -0.675. The quantitative estimate of drug-likeness (QED) is 0.579. The number of ether oxygens (including phenoxy) is 1. The SMILES string of the molecule is COc1cc(F)c(F)cc1C(=O)C(F)F. The van der Waals surface area contributed by atoms with E-state index in [1.54, 1.807) is 0 Å². The third kappa shape index (κ3) is 2.26. The molecule has 0 aliphatic heterocycles. The third-order valence-corrected chi connectivity index (χ3v) is 1.71. The second kappa shape index (κ2) is 4.29. The highest BCUT2D eigenvalue weighted by molar-refractivity contribution is 6.00. The molecular formula is C9H6F4O2. The summed E-state index contributed by atoms with van der Waals surface area (Å²) in [6, 6.07) is 0.938. The maximum atomic E-state index is 12.7. The van der Waals surface area contributed by atoms with Gasteiger partial charge in [0.15, 0.2) is 11.6 Å². The lowest BCUT2D eigenvalue weighted by atomic mass is 10.1. The van der Waals surface area contributed by atoms with Gasteiger partial charge in [0.1, 0.15) is 5.75 Å². The standard InChI is InChI=1S/C9H6F4O2/c1-15-7-3-6(11)5(10)2-4(7)8(14)9(12)13/h2-3,9H,1H3. The molecule has 0 N–H and O–H groups in total. The number of rotatable bonds is 3. The minimum Gasteiger partial charge on any atom is -0.496 e. The van der Waals surface area contributed by atoms with E-state index in [0.717, 1.165) is 7.11 Å². The molecule has 0 radical (unpaired) electrons. The van der Waals surface area contributed by atoms with Crippen LogP contribution in [0.5, 0.6) is 5.75 Å². The van der Waals surface area contributed by atoms with E-state index < -0.39 is 35.2 Å². The Bertz CT molecular complexity index is 390. The monoisotopic (exact) mass is 222 g/mol. The van der Waals surface area contributed by atoms with E-state index in [4.69, 9.17) is 0 Å². The van der Waals surface area contributed by atoms with Crippen LogP contribution >= 0.6 is 0 Å². The van der Waals surface area contributed by atoms with Crippen LogP contribution in [0.2, 0.25) is 0 Å². The molecule has 0 saturated carbocycles. The molecule has 0 saturated heterocycles. The Balaban J connectivity index is 3.27. The average Bonchev–Trinajstić information content (AvgIpc) is 2.20. The zero-order chi connectivity index (χ0) is 11.6. The minimum atomic E-state index is -3.29. The van der Waals surface area contributed by atoms with Gasteiger partial charge in [-0.2, -0.15) is 0 Å². The number of Topliss-reactive ketones (excluding diaryl/α,β-unsaturated/α-hetero) is 1. The lowest BCUT2D eigenvalue weighted by Gasteiger charge is -2.07. The van der Waals surface area contributed by atoms with Gasteiger partial charge in [-0.3, -0.25) is 4.79 Å². The van der Waals surface area contributed by atoms with Crippen LogP contribution in [-0.4, -0.2) is 19.3 Å². The van der Waals surface area contributed by atoms with Crippen molar-refractivity contribution in [2.75, 3.05) is 7.11 Å². The van der Waals surface area contributed by atoms with Gasteiger partial charge in [0.05, 0.1) is 12.7 Å². The van der Waals surface area contributed by atoms with Crippen LogP contribution in [0.4, 0.5) is 17.6 Å². The predicted molar refractivity (Wildman–Crippen MR) is 43.2 cm³/mol. The van der Waals surface area contributed by atoms with E-state index in [9.17, 15) is 22.4 Å². The molecule has 0 aliphatic carbocycles. The van der Waals surface area contributed by atoms with Crippen molar-refractivity contribution in [3.8, 4) is 5.75 Å². The number of alkyl halides is 2. The van der Waals surface area contributed by atoms with E-state index in [1.807, 2.05) is 0 Å². The van der Waals surface area contributed by atoms with Gasteiger partial charge in [-0.05, 0) is 6.07 Å². The smallest absolute Gasteiger partial charge is 0.300 e. The fourth-order valence-corrected chi connectivity index (χ4v) is 1.01. The highest BCUT2D eigenvalue weighted by atomic mass is 19.3. The fraction of sp³-hybridized carbons (Fsp3) is 0.222. The van der Waals surface area contributed by atoms with Gasteiger partial charge >= 0.3 is 6.43 Å². The molecule has 2 nitrogen and oxygen atoms in total. The van der Waals surface area contributed by atoms with Gasteiger partial charge in [0, 0.05) is 6.07 Å². The van der Waals surface area contributed by atoms with Crippen molar-refractivity contribution in [3.05, 3.63) is 29.3 Å². The largest absolute Gasteiger partial charge is 0.496 e. The van der Waals surface area contributed by atoms with Crippen LogP contribution in [0.25, 0.3) is 0 Å². The molecule has 82 valence electrons. The van der Waals surface area contributed by atoms with Crippen LogP contribution in [-0.2, 0) is 0 Å². The number of ketones is 1. The summed E-state index contributed by atoms with van der Waals surface area (Å²) in [4.78, 5) is 10.9. The first kappa shape index (κ1) is 11.5. The van der Waals surface area contributed by atoms with E-state index in [1.165, 1.54) is 0 Å². The summed E-state index contributed by atoms with van der Waals surface area (Å²) < 4.78 is 53.9. The molecular weight excluding hydrogens is 216 g/mol. The second-order valence-corrected chi connectivity index (χ2v) is 2.63. The average molecular weight is 222 g/mol. The molecule has 1 rings (SSSR count). The highest BCUT2D eigenvalue weighted by Gasteiger charge is 2.23. The van der Waals surface area contributed by atoms with Gasteiger partial charge < -0.3 is 4.74 Å². The van der Waals surface area contributed by atoms with Crippen LogP contribution < -0.4 is 4.74 Å². The number of carbonyl (C=O) groups excluding carboxylic acids is 1. The van der Waals surface area contributed by atoms with Crippen molar-refractivity contribution in [3.63, 3.8) is 0 Å². The van der Waals surface area contributed by atoms with Gasteiger partial charge in [-0.1, -0.05) is 0 Å². The molecule has 0 fully saturated rings. The maximum absolute atomic E-state index is 12.7. The molecule has 6 heteroatoms.